The van der Waals surface area contributed by atoms with E-state index < -0.39 is 17.9 Å². The number of ether oxygens (including phenoxy) is 1. The van der Waals surface area contributed by atoms with Crippen LogP contribution in [0.3, 0.4) is 0 Å². The van der Waals surface area contributed by atoms with Crippen molar-refractivity contribution in [1.29, 1.82) is 0 Å². The van der Waals surface area contributed by atoms with Gasteiger partial charge in [-0.15, -0.1) is 21.5 Å². The number of aryl methyl sites for hydroxylation is 1. The highest BCUT2D eigenvalue weighted by molar-refractivity contribution is 7.13. The molecule has 1 unspecified atom stereocenters. The smallest absolute Gasteiger partial charge is 0.425 e. The Balaban J connectivity index is 1.18. The molecule has 36 heavy (non-hydrogen) atoms. The number of carbonyl (C=O) groups is 1. The minimum absolute atomic E-state index is 0.0212. The molecule has 1 amide bonds. The van der Waals surface area contributed by atoms with Gasteiger partial charge in [0.05, 0.1) is 12.1 Å². The SMILES string of the molecule is Cc1nnc(CC(=O)NC2CCC(F)(CCN3CCc4nc(OC(C)C(F)(F)F)sc4CC3)CC2)s1. The van der Waals surface area contributed by atoms with Gasteiger partial charge in [0, 0.05) is 37.0 Å². The van der Waals surface area contributed by atoms with Crippen LogP contribution < -0.4 is 10.1 Å². The van der Waals surface area contributed by atoms with E-state index in [1.165, 1.54) is 22.7 Å². The molecule has 1 atom stereocenters. The number of fused-ring (bicyclic) bond motifs is 1. The van der Waals surface area contributed by atoms with E-state index in [2.05, 4.69) is 25.4 Å². The number of amides is 1. The van der Waals surface area contributed by atoms with Gasteiger partial charge in [-0.25, -0.2) is 9.37 Å². The normalized spacial score (nSPS) is 24.1. The quantitative estimate of drug-likeness (QED) is 0.491. The Labute approximate surface area is 215 Å². The summed E-state index contributed by atoms with van der Waals surface area (Å²) in [5, 5.41) is 12.5. The zero-order chi connectivity index (χ0) is 25.9. The lowest BCUT2D eigenvalue weighted by molar-refractivity contribution is -0.189. The highest BCUT2D eigenvalue weighted by Gasteiger charge is 2.39. The Morgan fingerprint density at radius 3 is 2.61 bits per heavy atom. The van der Waals surface area contributed by atoms with Gasteiger partial charge in [-0.1, -0.05) is 11.3 Å². The maximum atomic E-state index is 15.5. The van der Waals surface area contributed by atoms with Crippen molar-refractivity contribution in [3.63, 3.8) is 0 Å². The van der Waals surface area contributed by atoms with Crippen molar-refractivity contribution in [1.82, 2.24) is 25.4 Å². The van der Waals surface area contributed by atoms with Crippen LogP contribution in [0.25, 0.3) is 0 Å². The van der Waals surface area contributed by atoms with Crippen LogP contribution in [-0.4, -0.2) is 69.6 Å². The van der Waals surface area contributed by atoms with Gasteiger partial charge in [0.15, 0.2) is 6.10 Å². The molecule has 13 heteroatoms. The maximum absolute atomic E-state index is 15.5. The van der Waals surface area contributed by atoms with Crippen molar-refractivity contribution in [2.45, 2.75) is 89.2 Å². The molecule has 4 rings (SSSR count). The van der Waals surface area contributed by atoms with Gasteiger partial charge >= 0.3 is 6.18 Å². The van der Waals surface area contributed by atoms with Gasteiger partial charge in [-0.2, -0.15) is 13.2 Å². The van der Waals surface area contributed by atoms with Crippen molar-refractivity contribution < 1.29 is 27.1 Å². The molecule has 0 spiro atoms. The second-order valence-electron chi connectivity index (χ2n) is 9.63. The molecule has 200 valence electrons. The average Bonchev–Trinajstić information content (AvgIpc) is 3.34. The van der Waals surface area contributed by atoms with Crippen LogP contribution in [-0.2, 0) is 24.1 Å². The monoisotopic (exact) mass is 549 g/mol. The number of thiazole rings is 1. The Morgan fingerprint density at radius 1 is 1.22 bits per heavy atom. The van der Waals surface area contributed by atoms with Crippen LogP contribution >= 0.6 is 22.7 Å². The fourth-order valence-corrected chi connectivity index (χ4v) is 6.32. The minimum Gasteiger partial charge on any atom is -0.457 e. The van der Waals surface area contributed by atoms with Crippen molar-refractivity contribution in [2.75, 3.05) is 19.6 Å². The first kappa shape index (κ1) is 27.2. The van der Waals surface area contributed by atoms with E-state index >= 15 is 4.39 Å². The fraction of sp³-hybridized carbons (Fsp3) is 0.739. The fourth-order valence-electron chi connectivity index (χ4n) is 4.59. The number of halogens is 4. The molecule has 0 saturated heterocycles. The van der Waals surface area contributed by atoms with E-state index in [9.17, 15) is 18.0 Å². The predicted octanol–water partition coefficient (Wildman–Crippen LogP) is 4.43. The molecule has 1 aliphatic heterocycles. The molecule has 0 bridgehead atoms. The van der Waals surface area contributed by atoms with Crippen LogP contribution in [0.1, 0.15) is 59.6 Å². The van der Waals surface area contributed by atoms with Crippen LogP contribution in [0, 0.1) is 6.92 Å². The van der Waals surface area contributed by atoms with Gasteiger partial charge < -0.3 is 15.0 Å². The molecular formula is C23H31F4N5O2S2. The maximum Gasteiger partial charge on any atom is 0.425 e. The molecule has 1 saturated carbocycles. The van der Waals surface area contributed by atoms with Crippen molar-refractivity contribution in [3.05, 3.63) is 20.6 Å². The number of hydrogen-bond acceptors (Lipinski definition) is 8. The molecule has 1 aliphatic carbocycles. The van der Waals surface area contributed by atoms with Gasteiger partial charge in [0.1, 0.15) is 15.7 Å². The van der Waals surface area contributed by atoms with Crippen molar-refractivity contribution in [3.8, 4) is 5.19 Å². The molecule has 3 heterocycles. The van der Waals surface area contributed by atoms with Gasteiger partial charge in [0.2, 0.25) is 5.91 Å². The molecule has 2 aliphatic rings. The lowest BCUT2D eigenvalue weighted by atomic mass is 9.81. The summed E-state index contributed by atoms with van der Waals surface area (Å²) in [6.07, 6.45) is -2.37. The zero-order valence-electron chi connectivity index (χ0n) is 20.4. The Hall–Kier alpha value is -1.86. The van der Waals surface area contributed by atoms with Crippen molar-refractivity contribution >= 4 is 28.6 Å². The minimum atomic E-state index is -4.43. The third kappa shape index (κ3) is 7.34. The first-order chi connectivity index (χ1) is 17.0. The summed E-state index contributed by atoms with van der Waals surface area (Å²) in [5.74, 6) is -0.102. The second kappa shape index (κ2) is 11.3. The summed E-state index contributed by atoms with van der Waals surface area (Å²) in [4.78, 5) is 19.7. The van der Waals surface area contributed by atoms with E-state index in [-0.39, 0.29) is 23.6 Å². The first-order valence-corrected chi connectivity index (χ1v) is 13.8. The largest absolute Gasteiger partial charge is 0.457 e. The summed E-state index contributed by atoms with van der Waals surface area (Å²) in [6.45, 7) is 4.84. The third-order valence-corrected chi connectivity index (χ3v) is 8.71. The molecule has 2 aromatic rings. The Bertz CT molecular complexity index is 1010. The summed E-state index contributed by atoms with van der Waals surface area (Å²) >= 11 is 2.57. The van der Waals surface area contributed by atoms with E-state index in [0.29, 0.717) is 69.6 Å². The highest BCUT2D eigenvalue weighted by Crippen LogP contribution is 2.36. The topological polar surface area (TPSA) is 80.2 Å². The lowest BCUT2D eigenvalue weighted by Crippen LogP contribution is -2.43. The summed E-state index contributed by atoms with van der Waals surface area (Å²) < 4.78 is 58.7. The zero-order valence-corrected chi connectivity index (χ0v) is 22.0. The van der Waals surface area contributed by atoms with Crippen molar-refractivity contribution in [2.24, 2.45) is 0 Å². The number of carbonyl (C=O) groups excluding carboxylic acids is 1. The molecule has 2 aromatic heterocycles. The standard InChI is InChI=1S/C23H31F4N5O2S2/c1-14(23(25,26)27)34-21-29-17-5-10-32(11-6-18(17)36-21)12-9-22(24)7-3-16(4-8-22)28-19(33)13-20-31-30-15(2)35-20/h14,16H,3-13H2,1-2H3,(H,28,33). The van der Waals surface area contributed by atoms with Gasteiger partial charge in [0.25, 0.3) is 5.19 Å². The van der Waals surface area contributed by atoms with Crippen LogP contribution in [0.4, 0.5) is 17.6 Å². The number of hydrogen-bond donors (Lipinski definition) is 1. The summed E-state index contributed by atoms with van der Waals surface area (Å²) in [5.41, 5.74) is -0.469. The van der Waals surface area contributed by atoms with Gasteiger partial charge in [-0.3, -0.25) is 4.79 Å². The number of nitrogens with zero attached hydrogens (tertiary/aromatic N) is 4. The summed E-state index contributed by atoms with van der Waals surface area (Å²) in [6, 6.07) is -0.0212. The Kier molecular flexibility index (Phi) is 8.50. The second-order valence-corrected chi connectivity index (χ2v) is 11.9. The molecule has 0 aromatic carbocycles. The molecule has 7 nitrogen and oxygen atoms in total. The van der Waals surface area contributed by atoms with E-state index in [1.807, 2.05) is 6.92 Å². The highest BCUT2D eigenvalue weighted by atomic mass is 32.1. The van der Waals surface area contributed by atoms with E-state index in [4.69, 9.17) is 4.74 Å². The number of rotatable bonds is 8. The number of nitrogens with one attached hydrogen (secondary N) is 1. The molecular weight excluding hydrogens is 518 g/mol. The third-order valence-electron chi connectivity index (χ3n) is 6.82. The predicted molar refractivity (Wildman–Crippen MR) is 129 cm³/mol. The van der Waals surface area contributed by atoms with E-state index in [0.717, 1.165) is 22.5 Å². The van der Waals surface area contributed by atoms with E-state index in [1.54, 1.807) is 0 Å². The van der Waals surface area contributed by atoms with Gasteiger partial charge in [-0.05, 0) is 52.4 Å². The van der Waals surface area contributed by atoms with Crippen LogP contribution in [0.5, 0.6) is 5.19 Å². The first-order valence-electron chi connectivity index (χ1n) is 12.2. The molecule has 0 radical (unpaired) electrons. The summed E-state index contributed by atoms with van der Waals surface area (Å²) in [7, 11) is 0. The number of alkyl halides is 4. The Morgan fingerprint density at radius 2 is 1.94 bits per heavy atom. The molecule has 1 N–H and O–H groups in total. The lowest BCUT2D eigenvalue weighted by Gasteiger charge is -2.35. The number of aromatic nitrogens is 3. The average molecular weight is 550 g/mol. The van der Waals surface area contributed by atoms with Crippen LogP contribution in [0.2, 0.25) is 0 Å². The van der Waals surface area contributed by atoms with Crippen LogP contribution in [0.15, 0.2) is 0 Å². The molecule has 1 fully saturated rings.